The lowest BCUT2D eigenvalue weighted by molar-refractivity contribution is -0.131. The van der Waals surface area contributed by atoms with Gasteiger partial charge in [0.05, 0.1) is 5.69 Å². The number of aromatic nitrogens is 4. The molecule has 0 aliphatic carbocycles. The second kappa shape index (κ2) is 8.43. The lowest BCUT2D eigenvalue weighted by Gasteiger charge is -2.34. The van der Waals surface area contributed by atoms with Crippen molar-refractivity contribution in [2.75, 3.05) is 31.1 Å². The van der Waals surface area contributed by atoms with Crippen LogP contribution in [0.2, 0.25) is 0 Å². The van der Waals surface area contributed by atoms with Crippen molar-refractivity contribution in [1.82, 2.24) is 24.3 Å². The molecule has 1 aliphatic heterocycles. The summed E-state index contributed by atoms with van der Waals surface area (Å²) in [7, 11) is 0. The van der Waals surface area contributed by atoms with E-state index in [1.165, 1.54) is 17.4 Å². The Kier molecular flexibility index (Phi) is 5.33. The Balaban J connectivity index is 1.21. The molecule has 3 aromatic heterocycles. The van der Waals surface area contributed by atoms with Crippen LogP contribution in [0.15, 0.2) is 54.3 Å². The number of rotatable bonds is 5. The monoisotopic (exact) mass is 436 g/mol. The van der Waals surface area contributed by atoms with Gasteiger partial charge in [0.1, 0.15) is 5.82 Å². The maximum absolute atomic E-state index is 14.1. The minimum absolute atomic E-state index is 0.141. The summed E-state index contributed by atoms with van der Waals surface area (Å²) in [5.41, 5.74) is 2.11. The number of fused-ring (bicyclic) bond motifs is 1. The van der Waals surface area contributed by atoms with E-state index in [0.717, 1.165) is 23.7 Å². The molecule has 9 heteroatoms. The Bertz CT molecular complexity index is 1200. The number of hydrogen-bond donors (Lipinski definition) is 0. The number of hydrogen-bond acceptors (Lipinski definition) is 6. The van der Waals surface area contributed by atoms with Crippen LogP contribution in [0.4, 0.5) is 10.3 Å². The molecular formula is C22H21FN6OS. The molecule has 0 saturated carbocycles. The van der Waals surface area contributed by atoms with Crippen molar-refractivity contribution in [1.29, 1.82) is 0 Å². The predicted molar refractivity (Wildman–Crippen MR) is 118 cm³/mol. The predicted octanol–water partition coefficient (Wildman–Crippen LogP) is 3.27. The number of imidazole rings is 1. The van der Waals surface area contributed by atoms with E-state index in [9.17, 15) is 9.18 Å². The first-order valence-electron chi connectivity index (χ1n) is 10.2. The number of amides is 1. The highest BCUT2D eigenvalue weighted by molar-refractivity contribution is 7.15. The molecule has 0 bridgehead atoms. The van der Waals surface area contributed by atoms with Crippen LogP contribution in [-0.2, 0) is 11.2 Å². The number of halogens is 1. The lowest BCUT2D eigenvalue weighted by atomic mass is 10.1. The third kappa shape index (κ3) is 4.00. The number of benzene rings is 1. The normalized spacial score (nSPS) is 14.4. The van der Waals surface area contributed by atoms with E-state index in [2.05, 4.69) is 19.9 Å². The fourth-order valence-corrected chi connectivity index (χ4v) is 4.72. The van der Waals surface area contributed by atoms with Gasteiger partial charge in [0.2, 0.25) is 11.9 Å². The average molecular weight is 437 g/mol. The quantitative estimate of drug-likeness (QED) is 0.480. The summed E-state index contributed by atoms with van der Waals surface area (Å²) >= 11 is 1.50. The first-order chi connectivity index (χ1) is 15.2. The Morgan fingerprint density at radius 2 is 1.84 bits per heavy atom. The standard InChI is InChI=1S/C22H21FN6OS/c23-18-5-2-1-4-17(18)19-14-29-16(15-31-22(29)26-19)6-7-20(30)27-10-12-28(13-11-27)21-24-8-3-9-25-21/h1-5,8-9,14-15H,6-7,10-13H2. The third-order valence-corrected chi connectivity index (χ3v) is 6.38. The molecular weight excluding hydrogens is 415 g/mol. The topological polar surface area (TPSA) is 66.6 Å². The number of carbonyl (C=O) groups excluding carboxylic acids is 1. The molecule has 0 spiro atoms. The van der Waals surface area contributed by atoms with E-state index < -0.39 is 0 Å². The van der Waals surface area contributed by atoms with Crippen molar-refractivity contribution in [3.63, 3.8) is 0 Å². The number of nitrogens with zero attached hydrogens (tertiary/aromatic N) is 6. The smallest absolute Gasteiger partial charge is 0.225 e. The fraction of sp³-hybridized carbons (Fsp3) is 0.273. The minimum atomic E-state index is -0.287. The van der Waals surface area contributed by atoms with Crippen molar-refractivity contribution in [2.45, 2.75) is 12.8 Å². The molecule has 1 amide bonds. The van der Waals surface area contributed by atoms with Gasteiger partial charge in [-0.25, -0.2) is 19.3 Å². The highest BCUT2D eigenvalue weighted by Crippen LogP contribution is 2.26. The average Bonchev–Trinajstić information content (AvgIpc) is 3.40. The van der Waals surface area contributed by atoms with Crippen LogP contribution in [0.1, 0.15) is 12.1 Å². The van der Waals surface area contributed by atoms with Gasteiger partial charge in [0.25, 0.3) is 0 Å². The van der Waals surface area contributed by atoms with Gasteiger partial charge >= 0.3 is 0 Å². The third-order valence-electron chi connectivity index (χ3n) is 5.50. The van der Waals surface area contributed by atoms with Gasteiger partial charge in [-0.3, -0.25) is 9.20 Å². The van der Waals surface area contributed by atoms with Crippen LogP contribution in [0.5, 0.6) is 0 Å². The molecule has 5 rings (SSSR count). The number of piperazine rings is 1. The van der Waals surface area contributed by atoms with Gasteiger partial charge in [0.15, 0.2) is 4.96 Å². The van der Waals surface area contributed by atoms with E-state index in [0.29, 0.717) is 43.1 Å². The van der Waals surface area contributed by atoms with Crippen molar-refractivity contribution >= 4 is 28.2 Å². The van der Waals surface area contributed by atoms with Crippen molar-refractivity contribution in [2.24, 2.45) is 0 Å². The van der Waals surface area contributed by atoms with E-state index in [1.807, 2.05) is 20.9 Å². The number of thiazole rings is 1. The summed E-state index contributed by atoms with van der Waals surface area (Å²) in [6, 6.07) is 8.43. The fourth-order valence-electron chi connectivity index (χ4n) is 3.81. The van der Waals surface area contributed by atoms with E-state index >= 15 is 0 Å². The molecule has 0 atom stereocenters. The highest BCUT2D eigenvalue weighted by Gasteiger charge is 2.22. The zero-order valence-electron chi connectivity index (χ0n) is 16.8. The van der Waals surface area contributed by atoms with E-state index in [1.54, 1.807) is 36.7 Å². The van der Waals surface area contributed by atoms with Crippen molar-refractivity contribution < 1.29 is 9.18 Å². The molecule has 0 N–H and O–H groups in total. The molecule has 0 unspecified atom stereocenters. The van der Waals surface area contributed by atoms with Gasteiger partial charge in [0, 0.05) is 67.8 Å². The Morgan fingerprint density at radius 1 is 1.06 bits per heavy atom. The van der Waals surface area contributed by atoms with Crippen LogP contribution in [0.25, 0.3) is 16.2 Å². The summed E-state index contributed by atoms with van der Waals surface area (Å²) in [5, 5.41) is 2.02. The van der Waals surface area contributed by atoms with Crippen LogP contribution in [0.3, 0.4) is 0 Å². The molecule has 1 aromatic carbocycles. The number of aryl methyl sites for hydroxylation is 1. The highest BCUT2D eigenvalue weighted by atomic mass is 32.1. The van der Waals surface area contributed by atoms with Gasteiger partial charge in [-0.2, -0.15) is 0 Å². The molecule has 4 aromatic rings. The molecule has 1 aliphatic rings. The van der Waals surface area contributed by atoms with Gasteiger partial charge in [-0.05, 0) is 24.6 Å². The second-order valence-electron chi connectivity index (χ2n) is 7.40. The van der Waals surface area contributed by atoms with Crippen molar-refractivity contribution in [3.05, 3.63) is 65.8 Å². The molecule has 1 saturated heterocycles. The van der Waals surface area contributed by atoms with Crippen LogP contribution < -0.4 is 4.90 Å². The molecule has 158 valence electrons. The Hall–Kier alpha value is -3.33. The summed E-state index contributed by atoms with van der Waals surface area (Å²) < 4.78 is 16.1. The number of carbonyl (C=O) groups is 1. The summed E-state index contributed by atoms with van der Waals surface area (Å²) in [4.78, 5) is 30.7. The first kappa shape index (κ1) is 19.6. The second-order valence-corrected chi connectivity index (χ2v) is 8.24. The van der Waals surface area contributed by atoms with Gasteiger partial charge in [-0.15, -0.1) is 11.3 Å². The number of anilines is 1. The van der Waals surface area contributed by atoms with Crippen LogP contribution in [-0.4, -0.2) is 56.3 Å². The zero-order valence-corrected chi connectivity index (χ0v) is 17.6. The Labute approximate surface area is 182 Å². The summed E-state index contributed by atoms with van der Waals surface area (Å²) in [6.45, 7) is 2.79. The van der Waals surface area contributed by atoms with E-state index in [4.69, 9.17) is 0 Å². The lowest BCUT2D eigenvalue weighted by Crippen LogP contribution is -2.49. The summed E-state index contributed by atoms with van der Waals surface area (Å²) in [6.07, 6.45) is 6.36. The van der Waals surface area contributed by atoms with Crippen LogP contribution >= 0.6 is 11.3 Å². The Morgan fingerprint density at radius 3 is 2.61 bits per heavy atom. The van der Waals surface area contributed by atoms with Crippen LogP contribution in [0, 0.1) is 5.82 Å². The van der Waals surface area contributed by atoms with Gasteiger partial charge < -0.3 is 9.80 Å². The maximum Gasteiger partial charge on any atom is 0.225 e. The van der Waals surface area contributed by atoms with Crippen molar-refractivity contribution in [3.8, 4) is 11.3 Å². The molecule has 7 nitrogen and oxygen atoms in total. The minimum Gasteiger partial charge on any atom is -0.339 e. The molecule has 1 fully saturated rings. The largest absolute Gasteiger partial charge is 0.339 e. The molecule has 0 radical (unpaired) electrons. The molecule has 4 heterocycles. The first-order valence-corrected chi connectivity index (χ1v) is 11.1. The van der Waals surface area contributed by atoms with Gasteiger partial charge in [-0.1, -0.05) is 12.1 Å². The zero-order chi connectivity index (χ0) is 21.2. The van der Waals surface area contributed by atoms with E-state index in [-0.39, 0.29) is 11.7 Å². The maximum atomic E-state index is 14.1. The SMILES string of the molecule is O=C(CCc1csc2nc(-c3ccccc3F)cn12)N1CCN(c2ncccn2)CC1. The summed E-state index contributed by atoms with van der Waals surface area (Å²) in [5.74, 6) is 0.563. The molecule has 31 heavy (non-hydrogen) atoms.